The van der Waals surface area contributed by atoms with Crippen LogP contribution < -0.4 is 5.32 Å². The van der Waals surface area contributed by atoms with Gasteiger partial charge in [0.25, 0.3) is 0 Å². The molecule has 0 aromatic heterocycles. The Balaban J connectivity index is 3.03. The maximum Gasteiger partial charge on any atom is 0.416 e. The minimum atomic E-state index is -4.51. The Kier molecular flexibility index (Phi) is 6.33. The van der Waals surface area contributed by atoms with E-state index in [1.807, 2.05) is 6.07 Å². The van der Waals surface area contributed by atoms with Crippen LogP contribution in [0, 0.1) is 11.3 Å². The summed E-state index contributed by atoms with van der Waals surface area (Å²) in [6, 6.07) is 5.03. The van der Waals surface area contributed by atoms with Crippen molar-refractivity contribution < 1.29 is 22.7 Å². The highest BCUT2D eigenvalue weighted by Gasteiger charge is 2.31. The van der Waals surface area contributed by atoms with Gasteiger partial charge in [-0.1, -0.05) is 0 Å². The van der Waals surface area contributed by atoms with Gasteiger partial charge in [0.15, 0.2) is 0 Å². The van der Waals surface area contributed by atoms with E-state index in [0.717, 1.165) is 12.1 Å². The van der Waals surface area contributed by atoms with Gasteiger partial charge in [-0.3, -0.25) is 5.32 Å². The van der Waals surface area contributed by atoms with E-state index in [1.165, 1.54) is 17.8 Å². The highest BCUT2D eigenvalue weighted by Crippen LogP contribution is 2.36. The number of nitrogens with zero attached hydrogens (tertiary/aromatic N) is 1. The molecule has 23 heavy (non-hydrogen) atoms. The van der Waals surface area contributed by atoms with Gasteiger partial charge in [0, 0.05) is 17.1 Å². The van der Waals surface area contributed by atoms with E-state index in [0.29, 0.717) is 10.6 Å². The van der Waals surface area contributed by atoms with Gasteiger partial charge < -0.3 is 4.74 Å². The van der Waals surface area contributed by atoms with Crippen molar-refractivity contribution in [2.75, 3.05) is 11.1 Å². The summed E-state index contributed by atoms with van der Waals surface area (Å²) in [5, 5.41) is 10.9. The molecule has 0 saturated carbocycles. The van der Waals surface area contributed by atoms with Gasteiger partial charge >= 0.3 is 12.3 Å². The summed E-state index contributed by atoms with van der Waals surface area (Å²) in [5.41, 5.74) is -1.62. The monoisotopic (exact) mass is 346 g/mol. The summed E-state index contributed by atoms with van der Waals surface area (Å²) < 4.78 is 43.5. The average molecular weight is 346 g/mol. The largest absolute Gasteiger partial charge is 0.444 e. The van der Waals surface area contributed by atoms with Crippen LogP contribution in [0.25, 0.3) is 0 Å². The first kappa shape index (κ1) is 19.2. The number of hydrogen-bond acceptors (Lipinski definition) is 4. The van der Waals surface area contributed by atoms with E-state index in [2.05, 4.69) is 5.32 Å². The normalized spacial score (nSPS) is 11.7. The van der Waals surface area contributed by atoms with Crippen molar-refractivity contribution in [3.8, 4) is 6.07 Å². The number of rotatable bonds is 4. The fraction of sp³-hybridized carbons (Fsp3) is 0.467. The fourth-order valence-electron chi connectivity index (χ4n) is 1.55. The third-order valence-corrected chi connectivity index (χ3v) is 3.49. The van der Waals surface area contributed by atoms with E-state index in [4.69, 9.17) is 10.00 Å². The van der Waals surface area contributed by atoms with E-state index in [9.17, 15) is 18.0 Å². The molecular weight excluding hydrogens is 329 g/mol. The molecule has 1 aromatic carbocycles. The number of halogens is 3. The summed E-state index contributed by atoms with van der Waals surface area (Å²) in [6.45, 7) is 4.96. The standard InChI is InChI=1S/C15H17F3N2O2S/c1-14(2,3)22-13(21)20-11-9-10(15(16,17)18)5-6-12(11)23-8-4-7-19/h5-6,9H,4,8H2,1-3H3,(H,20,21). The topological polar surface area (TPSA) is 62.1 Å². The fourth-order valence-corrected chi connectivity index (χ4v) is 2.39. The SMILES string of the molecule is CC(C)(C)OC(=O)Nc1cc(C(F)(F)F)ccc1SCCC#N. The number of amides is 1. The lowest BCUT2D eigenvalue weighted by Gasteiger charge is -2.21. The van der Waals surface area contributed by atoms with Crippen molar-refractivity contribution in [3.63, 3.8) is 0 Å². The molecule has 0 heterocycles. The summed E-state index contributed by atoms with van der Waals surface area (Å²) in [5.74, 6) is 0.408. The van der Waals surface area contributed by atoms with Gasteiger partial charge in [0.05, 0.1) is 17.3 Å². The summed E-state index contributed by atoms with van der Waals surface area (Å²) in [4.78, 5) is 12.2. The lowest BCUT2D eigenvalue weighted by atomic mass is 10.2. The number of hydrogen-bond donors (Lipinski definition) is 1. The van der Waals surface area contributed by atoms with Crippen LogP contribution in [-0.2, 0) is 10.9 Å². The molecule has 0 aliphatic carbocycles. The Morgan fingerprint density at radius 1 is 1.35 bits per heavy atom. The molecule has 1 N–H and O–H groups in total. The Labute approximate surface area is 137 Å². The number of nitriles is 1. The molecule has 0 unspecified atom stereocenters. The minimum absolute atomic E-state index is 0.0111. The van der Waals surface area contributed by atoms with Crippen molar-refractivity contribution in [2.45, 2.75) is 43.9 Å². The van der Waals surface area contributed by atoms with Crippen LogP contribution in [0.4, 0.5) is 23.7 Å². The second kappa shape index (κ2) is 7.59. The molecule has 0 radical (unpaired) electrons. The Morgan fingerprint density at radius 2 is 2.00 bits per heavy atom. The molecule has 0 aliphatic heterocycles. The summed E-state index contributed by atoms with van der Waals surface area (Å²) in [6.07, 6.45) is -5.10. The minimum Gasteiger partial charge on any atom is -0.444 e. The van der Waals surface area contributed by atoms with Gasteiger partial charge in [0.2, 0.25) is 0 Å². The predicted molar refractivity (Wildman–Crippen MR) is 82.3 cm³/mol. The lowest BCUT2D eigenvalue weighted by Crippen LogP contribution is -2.27. The molecule has 1 amide bonds. The molecule has 0 saturated heterocycles. The molecule has 4 nitrogen and oxygen atoms in total. The van der Waals surface area contributed by atoms with Crippen molar-refractivity contribution in [1.82, 2.24) is 0 Å². The highest BCUT2D eigenvalue weighted by molar-refractivity contribution is 7.99. The van der Waals surface area contributed by atoms with E-state index in [1.54, 1.807) is 20.8 Å². The number of carbonyl (C=O) groups is 1. The molecular formula is C15H17F3N2O2S. The Morgan fingerprint density at radius 3 is 2.52 bits per heavy atom. The Hall–Kier alpha value is -1.88. The Bertz CT molecular complexity index is 604. The van der Waals surface area contributed by atoms with Crippen LogP contribution in [0.15, 0.2) is 23.1 Å². The molecule has 126 valence electrons. The van der Waals surface area contributed by atoms with Crippen LogP contribution in [0.3, 0.4) is 0 Å². The van der Waals surface area contributed by atoms with Crippen LogP contribution >= 0.6 is 11.8 Å². The van der Waals surface area contributed by atoms with Gasteiger partial charge in [-0.05, 0) is 39.0 Å². The maximum absolute atomic E-state index is 12.8. The molecule has 0 bridgehead atoms. The zero-order valence-electron chi connectivity index (χ0n) is 13.0. The van der Waals surface area contributed by atoms with E-state index < -0.39 is 23.4 Å². The van der Waals surface area contributed by atoms with Gasteiger partial charge in [-0.25, -0.2) is 4.79 Å². The van der Waals surface area contributed by atoms with Crippen LogP contribution in [-0.4, -0.2) is 17.4 Å². The number of ether oxygens (including phenoxy) is 1. The molecule has 8 heteroatoms. The van der Waals surface area contributed by atoms with Crippen LogP contribution in [0.2, 0.25) is 0 Å². The van der Waals surface area contributed by atoms with Crippen molar-refractivity contribution in [1.29, 1.82) is 5.26 Å². The smallest absolute Gasteiger partial charge is 0.416 e. The predicted octanol–water partition coefficient (Wildman–Crippen LogP) is 5.06. The first-order chi connectivity index (χ1) is 10.5. The van der Waals surface area contributed by atoms with Crippen molar-refractivity contribution in [2.24, 2.45) is 0 Å². The van der Waals surface area contributed by atoms with Gasteiger partial charge in [-0.15, -0.1) is 11.8 Å². The molecule has 1 aromatic rings. The third-order valence-electron chi connectivity index (χ3n) is 2.41. The summed E-state index contributed by atoms with van der Waals surface area (Å²) >= 11 is 1.19. The first-order valence-electron chi connectivity index (χ1n) is 6.74. The number of carbonyl (C=O) groups excluding carboxylic acids is 1. The quantitative estimate of drug-likeness (QED) is 0.611. The van der Waals surface area contributed by atoms with Crippen LogP contribution in [0.1, 0.15) is 32.8 Å². The van der Waals surface area contributed by atoms with Gasteiger partial charge in [0.1, 0.15) is 5.60 Å². The molecule has 0 spiro atoms. The molecule has 0 aliphatic rings. The van der Waals surface area contributed by atoms with E-state index in [-0.39, 0.29) is 12.1 Å². The number of thioether (sulfide) groups is 1. The zero-order chi connectivity index (χ0) is 17.7. The van der Waals surface area contributed by atoms with Crippen LogP contribution in [0.5, 0.6) is 0 Å². The van der Waals surface area contributed by atoms with Crippen molar-refractivity contribution >= 4 is 23.5 Å². The zero-order valence-corrected chi connectivity index (χ0v) is 13.8. The molecule has 0 fully saturated rings. The third kappa shape index (κ3) is 6.82. The van der Waals surface area contributed by atoms with E-state index >= 15 is 0 Å². The molecule has 1 rings (SSSR count). The number of alkyl halides is 3. The van der Waals surface area contributed by atoms with Crippen molar-refractivity contribution in [3.05, 3.63) is 23.8 Å². The lowest BCUT2D eigenvalue weighted by molar-refractivity contribution is -0.137. The van der Waals surface area contributed by atoms with Gasteiger partial charge in [-0.2, -0.15) is 18.4 Å². The first-order valence-corrected chi connectivity index (χ1v) is 7.72. The highest BCUT2D eigenvalue weighted by atomic mass is 32.2. The molecule has 0 atom stereocenters. The number of nitrogens with one attached hydrogen (secondary N) is 1. The second-order valence-electron chi connectivity index (χ2n) is 5.59. The average Bonchev–Trinajstić information content (AvgIpc) is 2.37. The number of anilines is 1. The second-order valence-corrected chi connectivity index (χ2v) is 6.73. The number of benzene rings is 1. The maximum atomic E-state index is 12.8. The summed E-state index contributed by atoms with van der Waals surface area (Å²) in [7, 11) is 0.